The predicted octanol–water partition coefficient (Wildman–Crippen LogP) is -0.757. The van der Waals surface area contributed by atoms with Crippen molar-refractivity contribution >= 4 is 5.91 Å². The van der Waals surface area contributed by atoms with Crippen LogP contribution >= 0.6 is 0 Å². The highest BCUT2D eigenvalue weighted by atomic mass is 16.3. The van der Waals surface area contributed by atoms with Crippen LogP contribution in [0.5, 0.6) is 0 Å². The van der Waals surface area contributed by atoms with Gasteiger partial charge in [0.25, 0.3) is 0 Å². The molecule has 0 unspecified atom stereocenters. The van der Waals surface area contributed by atoms with Gasteiger partial charge in [0.05, 0.1) is 0 Å². The van der Waals surface area contributed by atoms with Crippen molar-refractivity contribution in [1.29, 1.82) is 0 Å². The quantitative estimate of drug-likeness (QED) is 0.482. The number of hydrogen-bond donors (Lipinski definition) is 2. The van der Waals surface area contributed by atoms with Crippen molar-refractivity contribution in [2.24, 2.45) is 5.73 Å². The van der Waals surface area contributed by atoms with Gasteiger partial charge in [-0.2, -0.15) is 0 Å². The SMILES string of the molecule is CC[C@@H](O)C(N)=O. The molecule has 0 spiro atoms. The summed E-state index contributed by atoms with van der Waals surface area (Å²) in [5, 5.41) is 8.46. The fourth-order valence-corrected chi connectivity index (χ4v) is 0.201. The van der Waals surface area contributed by atoms with E-state index in [9.17, 15) is 4.79 Å². The second-order valence-electron chi connectivity index (χ2n) is 1.33. The highest BCUT2D eigenvalue weighted by Crippen LogP contribution is 1.84. The monoisotopic (exact) mass is 103 g/mol. The molecule has 42 valence electrons. The van der Waals surface area contributed by atoms with Crippen molar-refractivity contribution in [2.45, 2.75) is 19.4 Å². The fraction of sp³-hybridized carbons (Fsp3) is 0.750. The third-order valence-corrected chi connectivity index (χ3v) is 0.715. The van der Waals surface area contributed by atoms with Gasteiger partial charge in [-0.05, 0) is 6.42 Å². The molecule has 0 aliphatic rings. The van der Waals surface area contributed by atoms with E-state index in [2.05, 4.69) is 5.73 Å². The second-order valence-corrected chi connectivity index (χ2v) is 1.33. The third-order valence-electron chi connectivity index (χ3n) is 0.715. The Labute approximate surface area is 42.1 Å². The lowest BCUT2D eigenvalue weighted by Gasteiger charge is -1.97. The van der Waals surface area contributed by atoms with Crippen molar-refractivity contribution in [3.63, 3.8) is 0 Å². The standard InChI is InChI=1S/C4H9NO2/c1-2-3(6)4(5)7/h3,6H,2H2,1H3,(H2,5,7)/t3-/m1/s1. The van der Waals surface area contributed by atoms with E-state index in [0.29, 0.717) is 6.42 Å². The molecule has 1 amide bonds. The summed E-state index contributed by atoms with van der Waals surface area (Å²) < 4.78 is 0. The van der Waals surface area contributed by atoms with Crippen LogP contribution in [0.1, 0.15) is 13.3 Å². The van der Waals surface area contributed by atoms with Crippen molar-refractivity contribution in [1.82, 2.24) is 0 Å². The number of aliphatic hydroxyl groups is 1. The summed E-state index contributed by atoms with van der Waals surface area (Å²) in [6.45, 7) is 1.69. The van der Waals surface area contributed by atoms with Gasteiger partial charge >= 0.3 is 0 Å². The zero-order chi connectivity index (χ0) is 5.86. The Kier molecular flexibility index (Phi) is 2.37. The van der Waals surface area contributed by atoms with E-state index in [0.717, 1.165) is 0 Å². The molecule has 0 saturated heterocycles. The number of rotatable bonds is 2. The van der Waals surface area contributed by atoms with Gasteiger partial charge < -0.3 is 10.8 Å². The first-order chi connectivity index (χ1) is 3.18. The lowest BCUT2D eigenvalue weighted by Crippen LogP contribution is -2.26. The molecule has 0 aliphatic heterocycles. The van der Waals surface area contributed by atoms with Gasteiger partial charge in [-0.1, -0.05) is 6.92 Å². The average Bonchev–Trinajstić information content (AvgIpc) is 1.65. The summed E-state index contributed by atoms with van der Waals surface area (Å²) in [6.07, 6.45) is -0.560. The minimum atomic E-state index is -0.958. The molecule has 7 heavy (non-hydrogen) atoms. The molecular formula is C4H9NO2. The minimum absolute atomic E-state index is 0.398. The van der Waals surface area contributed by atoms with Crippen LogP contribution in [0.4, 0.5) is 0 Å². The minimum Gasteiger partial charge on any atom is -0.383 e. The first kappa shape index (κ1) is 6.43. The number of carbonyl (C=O) groups excluding carboxylic acids is 1. The Morgan fingerprint density at radius 3 is 2.43 bits per heavy atom. The third kappa shape index (κ3) is 2.17. The smallest absolute Gasteiger partial charge is 0.246 e. The van der Waals surface area contributed by atoms with Crippen molar-refractivity contribution in [3.05, 3.63) is 0 Å². The molecule has 1 atom stereocenters. The molecular weight excluding hydrogens is 94.0 g/mol. The predicted molar refractivity (Wildman–Crippen MR) is 25.5 cm³/mol. The Morgan fingerprint density at radius 2 is 2.43 bits per heavy atom. The van der Waals surface area contributed by atoms with Gasteiger partial charge in [0, 0.05) is 0 Å². The number of nitrogens with two attached hydrogens (primary N) is 1. The first-order valence-corrected chi connectivity index (χ1v) is 2.16. The van der Waals surface area contributed by atoms with Crippen molar-refractivity contribution < 1.29 is 9.90 Å². The lowest BCUT2D eigenvalue weighted by atomic mass is 10.3. The van der Waals surface area contributed by atoms with Gasteiger partial charge in [-0.25, -0.2) is 0 Å². The van der Waals surface area contributed by atoms with Gasteiger partial charge in [0.15, 0.2) is 0 Å². The van der Waals surface area contributed by atoms with Crippen molar-refractivity contribution in [2.75, 3.05) is 0 Å². The largest absolute Gasteiger partial charge is 0.383 e. The van der Waals surface area contributed by atoms with E-state index in [1.807, 2.05) is 0 Å². The van der Waals surface area contributed by atoms with Crippen LogP contribution < -0.4 is 5.73 Å². The molecule has 0 saturated carbocycles. The molecule has 0 fully saturated rings. The molecule has 0 radical (unpaired) electrons. The average molecular weight is 103 g/mol. The number of carbonyl (C=O) groups is 1. The maximum Gasteiger partial charge on any atom is 0.246 e. The molecule has 0 aromatic carbocycles. The fourth-order valence-electron chi connectivity index (χ4n) is 0.201. The first-order valence-electron chi connectivity index (χ1n) is 2.16. The van der Waals surface area contributed by atoms with E-state index >= 15 is 0 Å². The maximum absolute atomic E-state index is 9.90. The molecule has 0 aromatic heterocycles. The van der Waals surface area contributed by atoms with Crippen LogP contribution in [0.15, 0.2) is 0 Å². The Morgan fingerprint density at radius 1 is 2.00 bits per heavy atom. The summed E-state index contributed by atoms with van der Waals surface area (Å²) in [7, 11) is 0. The second kappa shape index (κ2) is 2.58. The number of primary amides is 1. The van der Waals surface area contributed by atoms with Crippen LogP contribution in [0.2, 0.25) is 0 Å². The Hall–Kier alpha value is -0.570. The molecule has 0 aliphatic carbocycles. The van der Waals surface area contributed by atoms with E-state index in [1.165, 1.54) is 0 Å². The van der Waals surface area contributed by atoms with Gasteiger partial charge in [-0.3, -0.25) is 4.79 Å². The normalized spacial score (nSPS) is 13.4. The molecule has 0 rings (SSSR count). The highest BCUT2D eigenvalue weighted by molar-refractivity contribution is 5.78. The molecule has 0 heterocycles. The summed E-state index contributed by atoms with van der Waals surface area (Å²) in [4.78, 5) is 9.90. The molecule has 0 bridgehead atoms. The number of hydrogen-bond acceptors (Lipinski definition) is 2. The van der Waals surface area contributed by atoms with Crippen molar-refractivity contribution in [3.8, 4) is 0 Å². The van der Waals surface area contributed by atoms with Gasteiger partial charge in [0.2, 0.25) is 5.91 Å². The summed E-state index contributed by atoms with van der Waals surface area (Å²) in [5.41, 5.74) is 4.66. The number of amides is 1. The van der Waals surface area contributed by atoms with E-state index in [1.54, 1.807) is 6.92 Å². The topological polar surface area (TPSA) is 63.3 Å². The Bertz CT molecular complexity index is 72.1. The van der Waals surface area contributed by atoms with Crippen LogP contribution in [0.3, 0.4) is 0 Å². The number of aliphatic hydroxyl groups excluding tert-OH is 1. The van der Waals surface area contributed by atoms with Crippen LogP contribution in [0, 0.1) is 0 Å². The van der Waals surface area contributed by atoms with E-state index in [4.69, 9.17) is 5.11 Å². The summed E-state index contributed by atoms with van der Waals surface area (Å²) in [5.74, 6) is -0.650. The summed E-state index contributed by atoms with van der Waals surface area (Å²) >= 11 is 0. The van der Waals surface area contributed by atoms with Crippen LogP contribution in [0.25, 0.3) is 0 Å². The van der Waals surface area contributed by atoms with Gasteiger partial charge in [0.1, 0.15) is 6.10 Å². The van der Waals surface area contributed by atoms with Crippen LogP contribution in [-0.4, -0.2) is 17.1 Å². The van der Waals surface area contributed by atoms with Gasteiger partial charge in [-0.15, -0.1) is 0 Å². The highest BCUT2D eigenvalue weighted by Gasteiger charge is 2.04. The van der Waals surface area contributed by atoms with E-state index in [-0.39, 0.29) is 0 Å². The molecule has 3 nitrogen and oxygen atoms in total. The van der Waals surface area contributed by atoms with E-state index < -0.39 is 12.0 Å². The molecule has 0 aromatic rings. The summed E-state index contributed by atoms with van der Waals surface area (Å²) in [6, 6.07) is 0. The maximum atomic E-state index is 9.90. The molecule has 3 N–H and O–H groups in total. The lowest BCUT2D eigenvalue weighted by molar-refractivity contribution is -0.126. The zero-order valence-corrected chi connectivity index (χ0v) is 4.22. The zero-order valence-electron chi connectivity index (χ0n) is 4.22. The Balaban J connectivity index is 3.34. The van der Waals surface area contributed by atoms with Crippen LogP contribution in [-0.2, 0) is 4.79 Å². The molecule has 3 heteroatoms.